The van der Waals surface area contributed by atoms with Crippen LogP contribution in [0.25, 0.3) is 0 Å². The minimum atomic E-state index is -1.07. The lowest BCUT2D eigenvalue weighted by molar-refractivity contribution is -0.140. The van der Waals surface area contributed by atoms with Crippen molar-refractivity contribution in [3.05, 3.63) is 11.1 Å². The van der Waals surface area contributed by atoms with Gasteiger partial charge in [0.05, 0.1) is 19.8 Å². The van der Waals surface area contributed by atoms with Crippen molar-refractivity contribution in [2.24, 2.45) is 5.92 Å². The Morgan fingerprint density at radius 3 is 2.12 bits per heavy atom. The topological polar surface area (TPSA) is 52.6 Å². The minimum absolute atomic E-state index is 0.0778. The molecule has 0 aromatic heterocycles. The Bertz CT molecular complexity index is 374. The Morgan fingerprint density at radius 2 is 1.65 bits per heavy atom. The highest BCUT2D eigenvalue weighted by molar-refractivity contribution is 6.49. The molecule has 1 aliphatic rings. The maximum atomic E-state index is 11.6. The van der Waals surface area contributed by atoms with E-state index >= 15 is 0 Å². The largest absolute Gasteiger partial charge is 0.466 e. The van der Waals surface area contributed by atoms with Crippen molar-refractivity contribution < 1.29 is 19.1 Å². The van der Waals surface area contributed by atoms with Gasteiger partial charge >= 0.3 is 11.9 Å². The van der Waals surface area contributed by atoms with Gasteiger partial charge in [0, 0.05) is 12.0 Å². The summed E-state index contributed by atoms with van der Waals surface area (Å²) in [6.07, 6.45) is 0.374. The maximum Gasteiger partial charge on any atom is 0.334 e. The molecule has 1 rings (SSSR count). The van der Waals surface area contributed by atoms with Crippen LogP contribution in [0.2, 0.25) is 0 Å². The SMILES string of the molecule is COC(=O)C1=C(C(=O)OC)CC(Cl)(Cl)C(C)C1. The molecule has 96 valence electrons. The highest BCUT2D eigenvalue weighted by atomic mass is 35.5. The van der Waals surface area contributed by atoms with E-state index in [0.717, 1.165) is 0 Å². The number of methoxy groups -OCH3 is 2. The molecular formula is C11H14Cl2O4. The molecule has 0 aromatic carbocycles. The summed E-state index contributed by atoms with van der Waals surface area (Å²) in [6, 6.07) is 0. The van der Waals surface area contributed by atoms with Crippen LogP contribution in [0.1, 0.15) is 19.8 Å². The molecule has 0 aliphatic heterocycles. The Balaban J connectivity index is 3.18. The molecule has 17 heavy (non-hydrogen) atoms. The summed E-state index contributed by atoms with van der Waals surface area (Å²) in [5.41, 5.74) is 0.492. The quantitative estimate of drug-likeness (QED) is 0.575. The van der Waals surface area contributed by atoms with Crippen LogP contribution in [0.4, 0.5) is 0 Å². The first-order chi connectivity index (χ1) is 7.83. The molecule has 4 nitrogen and oxygen atoms in total. The molecule has 0 saturated carbocycles. The third-order valence-electron chi connectivity index (χ3n) is 2.87. The van der Waals surface area contributed by atoms with Gasteiger partial charge in [-0.25, -0.2) is 9.59 Å². The van der Waals surface area contributed by atoms with Gasteiger partial charge in [-0.2, -0.15) is 0 Å². The van der Waals surface area contributed by atoms with Gasteiger partial charge in [-0.1, -0.05) is 6.92 Å². The normalized spacial score (nSPS) is 23.2. The lowest BCUT2D eigenvalue weighted by Gasteiger charge is -2.33. The molecule has 0 heterocycles. The van der Waals surface area contributed by atoms with E-state index in [2.05, 4.69) is 9.47 Å². The van der Waals surface area contributed by atoms with Gasteiger partial charge in [-0.05, 0) is 12.3 Å². The molecule has 1 unspecified atom stereocenters. The molecule has 1 atom stereocenters. The number of ether oxygens (including phenoxy) is 2. The molecule has 0 radical (unpaired) electrons. The third-order valence-corrected chi connectivity index (χ3v) is 3.88. The molecule has 6 heteroatoms. The van der Waals surface area contributed by atoms with Crippen LogP contribution in [0.15, 0.2) is 11.1 Å². The van der Waals surface area contributed by atoms with Gasteiger partial charge in [0.15, 0.2) is 0 Å². The van der Waals surface area contributed by atoms with Crippen LogP contribution in [-0.2, 0) is 19.1 Å². The molecule has 0 saturated heterocycles. The first-order valence-electron chi connectivity index (χ1n) is 5.10. The lowest BCUT2D eigenvalue weighted by Crippen LogP contribution is -2.33. The summed E-state index contributed by atoms with van der Waals surface area (Å²) in [7, 11) is 2.50. The van der Waals surface area contributed by atoms with Crippen molar-refractivity contribution in [1.29, 1.82) is 0 Å². The molecule has 0 fully saturated rings. The Labute approximate surface area is 110 Å². The molecule has 0 aromatic rings. The maximum absolute atomic E-state index is 11.6. The van der Waals surface area contributed by atoms with E-state index in [1.54, 1.807) is 0 Å². The van der Waals surface area contributed by atoms with E-state index in [9.17, 15) is 9.59 Å². The van der Waals surface area contributed by atoms with Gasteiger partial charge in [0.1, 0.15) is 4.33 Å². The Hall–Kier alpha value is -0.740. The molecule has 1 aliphatic carbocycles. The summed E-state index contributed by atoms with van der Waals surface area (Å²) in [6.45, 7) is 1.82. The van der Waals surface area contributed by atoms with E-state index in [1.807, 2.05) is 6.92 Å². The van der Waals surface area contributed by atoms with Crippen molar-refractivity contribution in [3.63, 3.8) is 0 Å². The first-order valence-corrected chi connectivity index (χ1v) is 5.85. The van der Waals surface area contributed by atoms with E-state index in [1.165, 1.54) is 14.2 Å². The van der Waals surface area contributed by atoms with Crippen LogP contribution in [0.5, 0.6) is 0 Å². The third kappa shape index (κ3) is 2.93. The van der Waals surface area contributed by atoms with Crippen molar-refractivity contribution in [3.8, 4) is 0 Å². The minimum Gasteiger partial charge on any atom is -0.466 e. The lowest BCUT2D eigenvalue weighted by atomic mass is 9.84. The second-order valence-electron chi connectivity index (χ2n) is 3.98. The average molecular weight is 281 g/mol. The van der Waals surface area contributed by atoms with E-state index in [0.29, 0.717) is 12.0 Å². The molecule has 0 bridgehead atoms. The van der Waals surface area contributed by atoms with Crippen molar-refractivity contribution in [1.82, 2.24) is 0 Å². The zero-order valence-corrected chi connectivity index (χ0v) is 11.4. The van der Waals surface area contributed by atoms with E-state index < -0.39 is 16.3 Å². The number of esters is 2. The summed E-state index contributed by atoms with van der Waals surface area (Å²) in [5, 5.41) is 0. The molecule has 0 N–H and O–H groups in total. The van der Waals surface area contributed by atoms with Crippen LogP contribution in [-0.4, -0.2) is 30.5 Å². The summed E-state index contributed by atoms with van der Waals surface area (Å²) < 4.78 is 8.19. The number of hydrogen-bond acceptors (Lipinski definition) is 4. The zero-order chi connectivity index (χ0) is 13.2. The first kappa shape index (κ1) is 14.3. The highest BCUT2D eigenvalue weighted by Crippen LogP contribution is 2.45. The number of halogens is 2. The molecule has 0 spiro atoms. The molecule has 0 amide bonds. The van der Waals surface area contributed by atoms with Crippen molar-refractivity contribution >= 4 is 35.1 Å². The monoisotopic (exact) mass is 280 g/mol. The fraction of sp³-hybridized carbons (Fsp3) is 0.636. The van der Waals surface area contributed by atoms with Gasteiger partial charge in [0.2, 0.25) is 0 Å². The van der Waals surface area contributed by atoms with Crippen LogP contribution in [0.3, 0.4) is 0 Å². The number of rotatable bonds is 2. The van der Waals surface area contributed by atoms with Gasteiger partial charge < -0.3 is 9.47 Å². The predicted octanol–water partition coefficient (Wildman–Crippen LogP) is 2.23. The molecular weight excluding hydrogens is 267 g/mol. The fourth-order valence-corrected chi connectivity index (χ4v) is 2.17. The van der Waals surface area contributed by atoms with Crippen LogP contribution >= 0.6 is 23.2 Å². The number of carbonyl (C=O) groups excluding carboxylic acids is 2. The van der Waals surface area contributed by atoms with E-state index in [4.69, 9.17) is 23.2 Å². The summed E-state index contributed by atoms with van der Waals surface area (Å²) in [5.74, 6) is -1.28. The van der Waals surface area contributed by atoms with Crippen LogP contribution < -0.4 is 0 Å². The average Bonchev–Trinajstić information content (AvgIpc) is 2.30. The second kappa shape index (κ2) is 5.27. The van der Waals surface area contributed by atoms with Gasteiger partial charge in [0.25, 0.3) is 0 Å². The second-order valence-corrected chi connectivity index (χ2v) is 5.53. The van der Waals surface area contributed by atoms with Crippen molar-refractivity contribution in [2.75, 3.05) is 14.2 Å². The summed E-state index contributed by atoms with van der Waals surface area (Å²) in [4.78, 5) is 23.2. The standard InChI is InChI=1S/C11H14Cl2O4/c1-6-4-7(9(14)16-2)8(10(15)17-3)5-11(6,12)13/h6H,4-5H2,1-3H3. The van der Waals surface area contributed by atoms with Crippen LogP contribution in [0, 0.1) is 5.92 Å². The van der Waals surface area contributed by atoms with Crippen molar-refractivity contribution in [2.45, 2.75) is 24.1 Å². The smallest absolute Gasteiger partial charge is 0.334 e. The Kier molecular flexibility index (Phi) is 4.44. The Morgan fingerprint density at radius 1 is 1.18 bits per heavy atom. The summed E-state index contributed by atoms with van der Waals surface area (Å²) >= 11 is 12.2. The fourth-order valence-electron chi connectivity index (χ4n) is 1.74. The number of carbonyl (C=O) groups is 2. The predicted molar refractivity (Wildman–Crippen MR) is 63.9 cm³/mol. The number of hydrogen-bond donors (Lipinski definition) is 0. The van der Waals surface area contributed by atoms with E-state index in [-0.39, 0.29) is 17.9 Å². The zero-order valence-electron chi connectivity index (χ0n) is 9.88. The van der Waals surface area contributed by atoms with Gasteiger partial charge in [-0.3, -0.25) is 0 Å². The highest BCUT2D eigenvalue weighted by Gasteiger charge is 2.42. The van der Waals surface area contributed by atoms with Gasteiger partial charge in [-0.15, -0.1) is 23.2 Å². The number of alkyl halides is 2.